The monoisotopic (exact) mass is 269 g/mol. The quantitative estimate of drug-likeness (QED) is 0.799. The van der Waals surface area contributed by atoms with Gasteiger partial charge in [-0.3, -0.25) is 4.79 Å². The first-order valence-corrected chi connectivity index (χ1v) is 7.58. The number of nitrogens with one attached hydrogen (secondary N) is 1. The van der Waals surface area contributed by atoms with E-state index in [-0.39, 0.29) is 11.9 Å². The molecule has 0 bridgehead atoms. The van der Waals surface area contributed by atoms with Crippen LogP contribution in [0.3, 0.4) is 0 Å². The van der Waals surface area contributed by atoms with Crippen molar-refractivity contribution in [2.24, 2.45) is 0 Å². The zero-order valence-corrected chi connectivity index (χ0v) is 12.2. The lowest BCUT2D eigenvalue weighted by atomic mass is 10.3. The third-order valence-electron chi connectivity index (χ3n) is 2.56. The van der Waals surface area contributed by atoms with Gasteiger partial charge in [-0.2, -0.15) is 11.8 Å². The Morgan fingerprint density at radius 3 is 2.89 bits per heavy atom. The van der Waals surface area contributed by atoms with Crippen molar-refractivity contribution in [3.8, 4) is 0 Å². The fraction of sp³-hybridized carbons (Fsp3) is 0.615. The van der Waals surface area contributed by atoms with Crippen molar-refractivity contribution >= 4 is 23.4 Å². The number of thioether (sulfide) groups is 1. The summed E-state index contributed by atoms with van der Waals surface area (Å²) < 4.78 is 1.92. The van der Waals surface area contributed by atoms with Crippen molar-refractivity contribution in [3.63, 3.8) is 0 Å². The maximum atomic E-state index is 12.1. The first kappa shape index (κ1) is 15.0. The van der Waals surface area contributed by atoms with Crippen LogP contribution in [0.2, 0.25) is 0 Å². The molecule has 1 aromatic heterocycles. The lowest BCUT2D eigenvalue weighted by molar-refractivity contribution is 0.0934. The average Bonchev–Trinajstić information content (AvgIpc) is 2.68. The molecule has 1 unspecified atom stereocenters. The highest BCUT2D eigenvalue weighted by Crippen LogP contribution is 2.12. The van der Waals surface area contributed by atoms with Crippen molar-refractivity contribution in [3.05, 3.63) is 18.0 Å². The summed E-state index contributed by atoms with van der Waals surface area (Å²) in [6.45, 7) is 7.04. The molecule has 0 aliphatic rings. The summed E-state index contributed by atoms with van der Waals surface area (Å²) in [7, 11) is 0. The van der Waals surface area contributed by atoms with Crippen LogP contribution in [0.5, 0.6) is 0 Å². The van der Waals surface area contributed by atoms with E-state index in [9.17, 15) is 4.79 Å². The molecule has 0 aliphatic carbocycles. The Labute approximate surface area is 113 Å². The highest BCUT2D eigenvalue weighted by Gasteiger charge is 2.14. The number of carbonyl (C=O) groups excluding carboxylic acids is 1. The van der Waals surface area contributed by atoms with Gasteiger partial charge in [0.15, 0.2) is 0 Å². The van der Waals surface area contributed by atoms with Crippen LogP contribution >= 0.6 is 11.8 Å². The minimum atomic E-state index is -0.0376. The van der Waals surface area contributed by atoms with E-state index in [4.69, 9.17) is 5.73 Å². The second kappa shape index (κ2) is 7.36. The van der Waals surface area contributed by atoms with Gasteiger partial charge < -0.3 is 15.6 Å². The molecular weight excluding hydrogens is 246 g/mol. The predicted molar refractivity (Wildman–Crippen MR) is 79.1 cm³/mol. The highest BCUT2D eigenvalue weighted by molar-refractivity contribution is 7.99. The molecule has 0 spiro atoms. The molecule has 102 valence electrons. The van der Waals surface area contributed by atoms with Crippen LogP contribution in [0.1, 0.15) is 37.7 Å². The van der Waals surface area contributed by atoms with E-state index in [2.05, 4.69) is 19.2 Å². The Balaban J connectivity index is 2.65. The van der Waals surface area contributed by atoms with Gasteiger partial charge in [0.2, 0.25) is 0 Å². The van der Waals surface area contributed by atoms with Crippen LogP contribution in [-0.2, 0) is 6.54 Å². The smallest absolute Gasteiger partial charge is 0.268 e. The number of aryl methyl sites for hydroxylation is 1. The number of hydrogen-bond acceptors (Lipinski definition) is 3. The van der Waals surface area contributed by atoms with Gasteiger partial charge in [-0.1, -0.05) is 13.8 Å². The Morgan fingerprint density at radius 2 is 2.28 bits per heavy atom. The first-order chi connectivity index (χ1) is 8.58. The summed E-state index contributed by atoms with van der Waals surface area (Å²) >= 11 is 1.83. The number of anilines is 1. The molecule has 18 heavy (non-hydrogen) atoms. The molecule has 0 saturated heterocycles. The number of nitrogens with two attached hydrogens (primary N) is 1. The molecule has 1 amide bonds. The Hall–Kier alpha value is -1.10. The lowest BCUT2D eigenvalue weighted by Crippen LogP contribution is -2.35. The van der Waals surface area contributed by atoms with E-state index in [1.807, 2.05) is 29.4 Å². The summed E-state index contributed by atoms with van der Waals surface area (Å²) in [4.78, 5) is 12.1. The van der Waals surface area contributed by atoms with Gasteiger partial charge in [0, 0.05) is 24.5 Å². The van der Waals surface area contributed by atoms with Crippen LogP contribution in [0, 0.1) is 0 Å². The zero-order chi connectivity index (χ0) is 13.5. The molecule has 4 nitrogen and oxygen atoms in total. The van der Waals surface area contributed by atoms with Gasteiger partial charge in [-0.05, 0) is 25.2 Å². The fourth-order valence-corrected chi connectivity index (χ4v) is 2.46. The van der Waals surface area contributed by atoms with E-state index >= 15 is 0 Å². The summed E-state index contributed by atoms with van der Waals surface area (Å²) in [6, 6.07) is 1.92. The van der Waals surface area contributed by atoms with Crippen LogP contribution < -0.4 is 11.1 Å². The van der Waals surface area contributed by atoms with E-state index in [0.29, 0.717) is 11.4 Å². The molecule has 1 aromatic rings. The SMILES string of the molecule is CCCn1cc(N)cc1C(=O)NC(C)CSCC. The van der Waals surface area contributed by atoms with Crippen molar-refractivity contribution in [1.29, 1.82) is 0 Å². The van der Waals surface area contributed by atoms with Gasteiger partial charge in [0.05, 0.1) is 5.69 Å². The molecule has 0 fully saturated rings. The molecule has 0 radical (unpaired) electrons. The van der Waals surface area contributed by atoms with Crippen molar-refractivity contribution in [1.82, 2.24) is 9.88 Å². The van der Waals surface area contributed by atoms with Crippen LogP contribution in [-0.4, -0.2) is 28.0 Å². The summed E-state index contributed by atoms with van der Waals surface area (Å²) in [5.74, 6) is 1.97. The molecular formula is C13H23N3OS. The second-order valence-corrected chi connectivity index (χ2v) is 5.70. The molecule has 1 heterocycles. The van der Waals surface area contributed by atoms with E-state index < -0.39 is 0 Å². The predicted octanol–water partition coefficient (Wildman–Crippen LogP) is 2.35. The van der Waals surface area contributed by atoms with Crippen molar-refractivity contribution in [2.45, 2.75) is 39.8 Å². The third-order valence-corrected chi connectivity index (χ3v) is 3.71. The van der Waals surface area contributed by atoms with Gasteiger partial charge in [-0.15, -0.1) is 0 Å². The number of aromatic nitrogens is 1. The molecule has 0 aromatic carbocycles. The Kier molecular flexibility index (Phi) is 6.12. The minimum absolute atomic E-state index is 0.0376. The summed E-state index contributed by atoms with van der Waals surface area (Å²) in [6.07, 6.45) is 2.81. The Bertz CT molecular complexity index is 390. The van der Waals surface area contributed by atoms with E-state index in [1.54, 1.807) is 6.07 Å². The molecule has 1 rings (SSSR count). The highest BCUT2D eigenvalue weighted by atomic mass is 32.2. The fourth-order valence-electron chi connectivity index (χ4n) is 1.78. The molecule has 0 aliphatic heterocycles. The summed E-state index contributed by atoms with van der Waals surface area (Å²) in [5.41, 5.74) is 7.05. The van der Waals surface area contributed by atoms with Gasteiger partial charge >= 0.3 is 0 Å². The topological polar surface area (TPSA) is 60.0 Å². The summed E-state index contributed by atoms with van der Waals surface area (Å²) in [5, 5.41) is 3.01. The molecule has 5 heteroatoms. The van der Waals surface area contributed by atoms with Crippen molar-refractivity contribution in [2.75, 3.05) is 17.2 Å². The molecule has 0 saturated carbocycles. The van der Waals surface area contributed by atoms with Gasteiger partial charge in [0.1, 0.15) is 5.69 Å². The minimum Gasteiger partial charge on any atom is -0.397 e. The van der Waals surface area contributed by atoms with Crippen LogP contribution in [0.15, 0.2) is 12.3 Å². The van der Waals surface area contributed by atoms with Crippen molar-refractivity contribution < 1.29 is 4.79 Å². The number of carbonyl (C=O) groups is 1. The maximum Gasteiger partial charge on any atom is 0.268 e. The third kappa shape index (κ3) is 4.29. The van der Waals surface area contributed by atoms with E-state index in [0.717, 1.165) is 24.5 Å². The number of amides is 1. The number of nitrogens with zero attached hydrogens (tertiary/aromatic N) is 1. The number of hydrogen-bond donors (Lipinski definition) is 2. The van der Waals surface area contributed by atoms with Gasteiger partial charge in [0.25, 0.3) is 5.91 Å². The lowest BCUT2D eigenvalue weighted by Gasteiger charge is -2.14. The maximum absolute atomic E-state index is 12.1. The average molecular weight is 269 g/mol. The first-order valence-electron chi connectivity index (χ1n) is 6.42. The normalized spacial score (nSPS) is 12.4. The van der Waals surface area contributed by atoms with E-state index in [1.165, 1.54) is 0 Å². The second-order valence-electron chi connectivity index (χ2n) is 4.39. The largest absolute Gasteiger partial charge is 0.397 e. The number of rotatable bonds is 7. The van der Waals surface area contributed by atoms with Gasteiger partial charge in [-0.25, -0.2) is 0 Å². The standard InChI is InChI=1S/C13H23N3OS/c1-4-6-16-8-11(14)7-12(16)13(17)15-10(3)9-18-5-2/h7-8,10H,4-6,9,14H2,1-3H3,(H,15,17). The Morgan fingerprint density at radius 1 is 1.56 bits per heavy atom. The van der Waals surface area contributed by atoms with Crippen LogP contribution in [0.25, 0.3) is 0 Å². The number of nitrogen functional groups attached to an aromatic ring is 1. The zero-order valence-electron chi connectivity index (χ0n) is 11.4. The van der Waals surface area contributed by atoms with Crippen LogP contribution in [0.4, 0.5) is 5.69 Å². The molecule has 3 N–H and O–H groups in total. The molecule has 1 atom stereocenters.